The third kappa shape index (κ3) is 7.35. The fraction of sp³-hybridized carbons (Fsp3) is 0.310. The van der Waals surface area contributed by atoms with Gasteiger partial charge in [0, 0.05) is 0 Å². The van der Waals surface area contributed by atoms with Gasteiger partial charge in [-0.1, -0.05) is 30.7 Å². The van der Waals surface area contributed by atoms with Crippen molar-refractivity contribution in [2.75, 3.05) is 24.1 Å². The van der Waals surface area contributed by atoms with Crippen molar-refractivity contribution in [3.05, 3.63) is 82.9 Å². The molecule has 3 aromatic rings. The molecule has 9 heteroatoms. The summed E-state index contributed by atoms with van der Waals surface area (Å²) >= 11 is 0. The number of amides is 1. The van der Waals surface area contributed by atoms with Gasteiger partial charge in [-0.2, -0.15) is 5.10 Å². The van der Waals surface area contributed by atoms with Crippen LogP contribution in [0.1, 0.15) is 42.5 Å². The molecule has 0 saturated heterocycles. The van der Waals surface area contributed by atoms with Gasteiger partial charge < -0.3 is 9.47 Å². The lowest BCUT2D eigenvalue weighted by Crippen LogP contribution is -2.39. The minimum absolute atomic E-state index is 0.103. The molecule has 202 valence electrons. The fourth-order valence-electron chi connectivity index (χ4n) is 3.58. The highest BCUT2D eigenvalue weighted by Crippen LogP contribution is 2.28. The number of rotatable bonds is 12. The predicted molar refractivity (Wildman–Crippen MR) is 151 cm³/mol. The molecule has 0 fully saturated rings. The molecule has 1 N–H and O–H groups in total. The Morgan fingerprint density at radius 3 is 2.32 bits per heavy atom. The van der Waals surface area contributed by atoms with E-state index in [1.54, 1.807) is 54.6 Å². The number of carbonyl (C=O) groups excluding carboxylic acids is 1. The summed E-state index contributed by atoms with van der Waals surface area (Å²) < 4.78 is 39.6. The van der Waals surface area contributed by atoms with Gasteiger partial charge in [0.1, 0.15) is 6.54 Å². The van der Waals surface area contributed by atoms with Gasteiger partial charge >= 0.3 is 0 Å². The number of anilines is 1. The first-order valence-corrected chi connectivity index (χ1v) is 14.0. The van der Waals surface area contributed by atoms with Crippen molar-refractivity contribution in [3.8, 4) is 11.5 Å². The molecule has 0 radical (unpaired) electrons. The van der Waals surface area contributed by atoms with Crippen LogP contribution in [-0.4, -0.2) is 40.3 Å². The van der Waals surface area contributed by atoms with E-state index in [0.29, 0.717) is 36.0 Å². The highest BCUT2D eigenvalue weighted by Gasteiger charge is 2.27. The van der Waals surface area contributed by atoms with Crippen LogP contribution < -0.4 is 19.2 Å². The monoisotopic (exact) mass is 537 g/mol. The number of sulfonamides is 1. The number of ether oxygens (including phenoxy) is 2. The van der Waals surface area contributed by atoms with Crippen molar-refractivity contribution < 1.29 is 22.7 Å². The maximum absolute atomic E-state index is 13.6. The maximum Gasteiger partial charge on any atom is 0.264 e. The van der Waals surface area contributed by atoms with Crippen molar-refractivity contribution in [3.63, 3.8) is 0 Å². The van der Waals surface area contributed by atoms with E-state index in [9.17, 15) is 13.2 Å². The zero-order chi connectivity index (χ0) is 27.7. The van der Waals surface area contributed by atoms with Gasteiger partial charge in [0.25, 0.3) is 15.9 Å². The lowest BCUT2D eigenvalue weighted by Gasteiger charge is -2.24. The highest BCUT2D eigenvalue weighted by molar-refractivity contribution is 7.92. The molecule has 0 aliphatic heterocycles. The molecule has 8 nitrogen and oxygen atoms in total. The normalized spacial score (nSPS) is 11.4. The molecule has 3 aromatic carbocycles. The summed E-state index contributed by atoms with van der Waals surface area (Å²) in [6, 6.07) is 17.2. The minimum Gasteiger partial charge on any atom is -0.490 e. The van der Waals surface area contributed by atoms with Crippen LogP contribution in [0.2, 0.25) is 0 Å². The Bertz CT molecular complexity index is 1390. The van der Waals surface area contributed by atoms with Crippen LogP contribution in [0.3, 0.4) is 0 Å². The number of carbonyl (C=O) groups is 1. The largest absolute Gasteiger partial charge is 0.490 e. The molecule has 0 aliphatic rings. The summed E-state index contributed by atoms with van der Waals surface area (Å²) in [6.07, 6.45) is 2.35. The Kier molecular flexibility index (Phi) is 9.90. The Labute approximate surface area is 225 Å². The van der Waals surface area contributed by atoms with Gasteiger partial charge in [-0.15, -0.1) is 0 Å². The molecule has 0 heterocycles. The molecule has 3 rings (SSSR count). The third-order valence-corrected chi connectivity index (χ3v) is 7.59. The first-order chi connectivity index (χ1) is 18.1. The third-order valence-electron chi connectivity index (χ3n) is 5.81. The van der Waals surface area contributed by atoms with Gasteiger partial charge in [-0.3, -0.25) is 9.10 Å². The number of nitrogens with one attached hydrogen (secondary N) is 1. The molecule has 0 saturated carbocycles. The second kappa shape index (κ2) is 13.1. The van der Waals surface area contributed by atoms with Gasteiger partial charge in [-0.05, 0) is 93.3 Å². The quantitative estimate of drug-likeness (QED) is 0.255. The summed E-state index contributed by atoms with van der Waals surface area (Å²) in [7, 11) is -4.01. The van der Waals surface area contributed by atoms with Crippen molar-refractivity contribution in [1.29, 1.82) is 0 Å². The van der Waals surface area contributed by atoms with Crippen LogP contribution in [0.4, 0.5) is 5.69 Å². The zero-order valence-electron chi connectivity index (χ0n) is 22.5. The molecule has 1 amide bonds. The molecule has 0 bridgehead atoms. The molecule has 0 spiro atoms. The molecule has 0 aliphatic carbocycles. The van der Waals surface area contributed by atoms with Crippen molar-refractivity contribution in [2.24, 2.45) is 5.10 Å². The van der Waals surface area contributed by atoms with Crippen molar-refractivity contribution >= 4 is 27.8 Å². The number of hydrogen-bond acceptors (Lipinski definition) is 6. The van der Waals surface area contributed by atoms with E-state index in [4.69, 9.17) is 9.47 Å². The highest BCUT2D eigenvalue weighted by atomic mass is 32.2. The average molecular weight is 538 g/mol. The van der Waals surface area contributed by atoms with E-state index in [1.165, 1.54) is 6.21 Å². The Morgan fingerprint density at radius 1 is 0.921 bits per heavy atom. The first kappa shape index (κ1) is 28.7. The lowest BCUT2D eigenvalue weighted by atomic mass is 10.1. The summed E-state index contributed by atoms with van der Waals surface area (Å²) in [4.78, 5) is 13.0. The van der Waals surface area contributed by atoms with Gasteiger partial charge in [0.15, 0.2) is 11.5 Å². The minimum atomic E-state index is -4.01. The summed E-state index contributed by atoms with van der Waals surface area (Å²) in [5, 5.41) is 4.04. The number of hydrogen-bond donors (Lipinski definition) is 1. The standard InChI is InChI=1S/C29H35N3O5S/c1-6-16-37-27-15-11-24(18-28(27)36-7-2)19-30-31-29(33)20-32(25-12-10-22(4)23(5)17-25)38(34,35)26-13-8-21(3)9-14-26/h8-15,17-19H,6-7,16,20H2,1-5H3,(H,31,33)/b30-19-. The fourth-order valence-corrected chi connectivity index (χ4v) is 5.00. The van der Waals surface area contributed by atoms with E-state index >= 15 is 0 Å². The molecule has 0 aromatic heterocycles. The summed E-state index contributed by atoms with van der Waals surface area (Å²) in [6.45, 7) is 10.2. The van der Waals surface area contributed by atoms with E-state index in [2.05, 4.69) is 10.5 Å². The first-order valence-electron chi connectivity index (χ1n) is 12.5. The van der Waals surface area contributed by atoms with Crippen LogP contribution in [0.15, 0.2) is 70.7 Å². The van der Waals surface area contributed by atoms with Gasteiger partial charge in [0.05, 0.1) is 30.0 Å². The molecule has 0 unspecified atom stereocenters. The van der Waals surface area contributed by atoms with Crippen molar-refractivity contribution in [1.82, 2.24) is 5.43 Å². The molecular weight excluding hydrogens is 502 g/mol. The number of benzene rings is 3. The Balaban J connectivity index is 1.81. The maximum atomic E-state index is 13.6. The van der Waals surface area contributed by atoms with Crippen LogP contribution in [0.25, 0.3) is 0 Å². The predicted octanol–water partition coefficient (Wildman–Crippen LogP) is 5.14. The van der Waals surface area contributed by atoms with Crippen LogP contribution >= 0.6 is 0 Å². The van der Waals surface area contributed by atoms with Gasteiger partial charge in [-0.25, -0.2) is 13.8 Å². The lowest BCUT2D eigenvalue weighted by molar-refractivity contribution is -0.119. The Morgan fingerprint density at radius 2 is 1.66 bits per heavy atom. The van der Waals surface area contributed by atoms with Crippen LogP contribution in [0.5, 0.6) is 11.5 Å². The van der Waals surface area contributed by atoms with Crippen LogP contribution in [0, 0.1) is 20.8 Å². The van der Waals surface area contributed by atoms with E-state index in [1.807, 2.05) is 40.7 Å². The second-order valence-electron chi connectivity index (χ2n) is 8.87. The van der Waals surface area contributed by atoms with E-state index in [-0.39, 0.29) is 4.90 Å². The summed E-state index contributed by atoms with van der Waals surface area (Å²) in [5.41, 5.74) is 6.41. The Hall–Kier alpha value is -3.85. The topological polar surface area (TPSA) is 97.3 Å². The van der Waals surface area contributed by atoms with Gasteiger partial charge in [0.2, 0.25) is 0 Å². The molecule has 0 atom stereocenters. The van der Waals surface area contributed by atoms with E-state index < -0.39 is 22.5 Å². The number of nitrogens with zero attached hydrogens (tertiary/aromatic N) is 2. The molecular formula is C29H35N3O5S. The van der Waals surface area contributed by atoms with Crippen molar-refractivity contribution in [2.45, 2.75) is 45.9 Å². The van der Waals surface area contributed by atoms with E-state index in [0.717, 1.165) is 27.4 Å². The smallest absolute Gasteiger partial charge is 0.264 e. The number of aryl methyl sites for hydroxylation is 3. The molecule has 38 heavy (non-hydrogen) atoms. The summed E-state index contributed by atoms with van der Waals surface area (Å²) in [5.74, 6) is 0.643. The second-order valence-corrected chi connectivity index (χ2v) is 10.7. The van der Waals surface area contributed by atoms with Crippen LogP contribution in [-0.2, 0) is 14.8 Å². The number of hydrazone groups is 1. The SMILES string of the molecule is CCCOc1ccc(/C=N\NC(=O)CN(c2ccc(C)c(C)c2)S(=O)(=O)c2ccc(C)cc2)cc1OCC. The zero-order valence-corrected chi connectivity index (χ0v) is 23.3. The average Bonchev–Trinajstić information content (AvgIpc) is 2.89.